The molecule has 5 nitrogen and oxygen atoms in total. The molecule has 0 bridgehead atoms. The normalized spacial score (nSPS) is 11.8. The minimum atomic E-state index is -3.25. The van der Waals surface area contributed by atoms with E-state index < -0.39 is 9.84 Å². The molecular weight excluding hydrogens is 350 g/mol. The number of nitrogens with one attached hydrogen (secondary N) is 1. The van der Waals surface area contributed by atoms with Gasteiger partial charge in [0.15, 0.2) is 16.4 Å². The Balaban J connectivity index is 2.00. The quantitative estimate of drug-likeness (QED) is 0.834. The molecule has 1 amide bonds. The Kier molecular flexibility index (Phi) is 6.08. The van der Waals surface area contributed by atoms with Gasteiger partial charge in [-0.1, -0.05) is 45.9 Å². The van der Waals surface area contributed by atoms with Crippen LogP contribution >= 0.6 is 0 Å². The van der Waals surface area contributed by atoms with Gasteiger partial charge in [-0.3, -0.25) is 4.79 Å². The first-order chi connectivity index (χ1) is 12.1. The maximum absolute atomic E-state index is 12.1. The number of rotatable bonds is 6. The Morgan fingerprint density at radius 3 is 2.23 bits per heavy atom. The van der Waals surface area contributed by atoms with Crippen LogP contribution in [0.3, 0.4) is 0 Å². The Bertz CT molecular complexity index is 865. The Morgan fingerprint density at radius 2 is 1.65 bits per heavy atom. The van der Waals surface area contributed by atoms with Crippen LogP contribution < -0.4 is 10.1 Å². The van der Waals surface area contributed by atoms with Gasteiger partial charge in [-0.2, -0.15) is 0 Å². The van der Waals surface area contributed by atoms with Crippen molar-refractivity contribution in [2.75, 3.05) is 17.7 Å². The van der Waals surface area contributed by atoms with E-state index in [-0.39, 0.29) is 28.6 Å². The summed E-state index contributed by atoms with van der Waals surface area (Å²) in [6, 6.07) is 13.8. The molecule has 0 spiro atoms. The molecule has 0 saturated heterocycles. The van der Waals surface area contributed by atoms with Gasteiger partial charge in [0.05, 0.1) is 10.6 Å². The molecule has 1 N–H and O–H groups in total. The number of para-hydroxylation sites is 1. The lowest BCUT2D eigenvalue weighted by Crippen LogP contribution is -2.22. The van der Waals surface area contributed by atoms with Crippen molar-refractivity contribution in [3.63, 3.8) is 0 Å². The molecule has 0 aliphatic heterocycles. The van der Waals surface area contributed by atoms with E-state index >= 15 is 0 Å². The average molecular weight is 375 g/mol. The molecule has 0 heterocycles. The molecule has 0 aliphatic rings. The van der Waals surface area contributed by atoms with Crippen LogP contribution in [0.15, 0.2) is 53.4 Å². The van der Waals surface area contributed by atoms with Crippen molar-refractivity contribution < 1.29 is 17.9 Å². The summed E-state index contributed by atoms with van der Waals surface area (Å²) in [4.78, 5) is 12.4. The average Bonchev–Trinajstić information content (AvgIpc) is 2.60. The first-order valence-corrected chi connectivity index (χ1v) is 10.1. The third-order valence-electron chi connectivity index (χ3n) is 3.93. The topological polar surface area (TPSA) is 72.5 Å². The zero-order valence-electron chi connectivity index (χ0n) is 15.6. The monoisotopic (exact) mass is 375 g/mol. The Morgan fingerprint density at radius 1 is 1.04 bits per heavy atom. The number of amides is 1. The molecule has 2 aromatic carbocycles. The van der Waals surface area contributed by atoms with Crippen molar-refractivity contribution in [3.8, 4) is 5.75 Å². The van der Waals surface area contributed by atoms with Gasteiger partial charge in [-0.15, -0.1) is 0 Å². The van der Waals surface area contributed by atoms with Crippen molar-refractivity contribution in [2.45, 2.75) is 38.0 Å². The highest BCUT2D eigenvalue weighted by Crippen LogP contribution is 2.30. The zero-order chi connectivity index (χ0) is 19.4. The van der Waals surface area contributed by atoms with Crippen LogP contribution in [0.2, 0.25) is 0 Å². The number of hydrogen-bond donors (Lipinski definition) is 1. The highest BCUT2D eigenvalue weighted by Gasteiger charge is 2.19. The van der Waals surface area contributed by atoms with Crippen LogP contribution in [-0.4, -0.2) is 26.7 Å². The molecule has 2 rings (SSSR count). The molecule has 0 fully saturated rings. The molecule has 0 atom stereocenters. The highest BCUT2D eigenvalue weighted by molar-refractivity contribution is 7.91. The number of anilines is 1. The van der Waals surface area contributed by atoms with E-state index in [9.17, 15) is 13.2 Å². The zero-order valence-corrected chi connectivity index (χ0v) is 16.4. The minimum absolute atomic E-state index is 0.0414. The van der Waals surface area contributed by atoms with Crippen molar-refractivity contribution in [1.82, 2.24) is 0 Å². The summed E-state index contributed by atoms with van der Waals surface area (Å²) < 4.78 is 29.3. The van der Waals surface area contributed by atoms with Crippen LogP contribution in [0.5, 0.6) is 5.75 Å². The Hall–Kier alpha value is -2.34. The van der Waals surface area contributed by atoms with Crippen LogP contribution in [0.1, 0.15) is 33.3 Å². The minimum Gasteiger partial charge on any atom is -0.483 e. The van der Waals surface area contributed by atoms with E-state index in [0.29, 0.717) is 11.4 Å². The number of ether oxygens (including phenoxy) is 1. The van der Waals surface area contributed by atoms with Crippen molar-refractivity contribution in [3.05, 3.63) is 54.1 Å². The molecule has 0 unspecified atom stereocenters. The number of sulfone groups is 1. The molecule has 6 heteroatoms. The number of carbonyl (C=O) groups excluding carboxylic acids is 1. The van der Waals surface area contributed by atoms with E-state index in [0.717, 1.165) is 5.56 Å². The molecule has 0 aromatic heterocycles. The summed E-state index contributed by atoms with van der Waals surface area (Å²) >= 11 is 0. The summed E-state index contributed by atoms with van der Waals surface area (Å²) in [7, 11) is -3.25. The van der Waals surface area contributed by atoms with Gasteiger partial charge in [-0.05, 0) is 41.3 Å². The lowest BCUT2D eigenvalue weighted by Gasteiger charge is -2.22. The van der Waals surface area contributed by atoms with E-state index in [1.807, 2.05) is 24.3 Å². The third-order valence-corrected chi connectivity index (χ3v) is 5.68. The summed E-state index contributed by atoms with van der Waals surface area (Å²) in [5.41, 5.74) is 1.47. The van der Waals surface area contributed by atoms with Gasteiger partial charge in [-0.25, -0.2) is 8.42 Å². The van der Waals surface area contributed by atoms with E-state index in [1.165, 1.54) is 12.1 Å². The van der Waals surface area contributed by atoms with Crippen molar-refractivity contribution in [2.24, 2.45) is 0 Å². The summed E-state index contributed by atoms with van der Waals surface area (Å²) in [6.07, 6.45) is 0. The first-order valence-electron chi connectivity index (χ1n) is 8.48. The largest absolute Gasteiger partial charge is 0.483 e. The fourth-order valence-corrected chi connectivity index (χ4v) is 3.35. The van der Waals surface area contributed by atoms with E-state index in [2.05, 4.69) is 26.1 Å². The highest BCUT2D eigenvalue weighted by atomic mass is 32.2. The maximum atomic E-state index is 12.1. The molecule has 26 heavy (non-hydrogen) atoms. The molecule has 140 valence electrons. The molecule has 2 aromatic rings. The second-order valence-corrected chi connectivity index (χ2v) is 9.29. The maximum Gasteiger partial charge on any atom is 0.262 e. The van der Waals surface area contributed by atoms with Gasteiger partial charge in [0.25, 0.3) is 5.91 Å². The first kappa shape index (κ1) is 20.0. The van der Waals surface area contributed by atoms with Crippen LogP contribution in [0, 0.1) is 0 Å². The van der Waals surface area contributed by atoms with Crippen LogP contribution in [0.25, 0.3) is 0 Å². The summed E-state index contributed by atoms with van der Waals surface area (Å²) in [6.45, 7) is 7.73. The van der Waals surface area contributed by atoms with E-state index in [4.69, 9.17) is 4.74 Å². The molecule has 0 radical (unpaired) electrons. The molecule has 0 saturated carbocycles. The van der Waals surface area contributed by atoms with Crippen molar-refractivity contribution in [1.29, 1.82) is 0 Å². The standard InChI is InChI=1S/C20H25NO4S/c1-5-26(23,24)16-12-10-15(11-13-16)21-19(22)14-25-18-9-7-6-8-17(18)20(2,3)4/h6-13H,5,14H2,1-4H3,(H,21,22). The van der Waals surface area contributed by atoms with Gasteiger partial charge in [0, 0.05) is 5.69 Å². The SMILES string of the molecule is CCS(=O)(=O)c1ccc(NC(=O)COc2ccccc2C(C)(C)C)cc1. The van der Waals surface area contributed by atoms with Gasteiger partial charge >= 0.3 is 0 Å². The second kappa shape index (κ2) is 7.91. The molecular formula is C20H25NO4S. The fraction of sp³-hybridized carbons (Fsp3) is 0.350. The van der Waals surface area contributed by atoms with E-state index in [1.54, 1.807) is 19.1 Å². The fourth-order valence-electron chi connectivity index (χ4n) is 2.46. The van der Waals surface area contributed by atoms with Gasteiger partial charge < -0.3 is 10.1 Å². The van der Waals surface area contributed by atoms with Crippen molar-refractivity contribution >= 4 is 21.4 Å². The summed E-state index contributed by atoms with van der Waals surface area (Å²) in [5.74, 6) is 0.416. The lowest BCUT2D eigenvalue weighted by atomic mass is 9.86. The number of carbonyl (C=O) groups is 1. The van der Waals surface area contributed by atoms with Gasteiger partial charge in [0.2, 0.25) is 0 Å². The number of benzene rings is 2. The molecule has 0 aliphatic carbocycles. The third kappa shape index (κ3) is 5.08. The predicted octanol–water partition coefficient (Wildman–Crippen LogP) is 3.80. The van der Waals surface area contributed by atoms with Gasteiger partial charge in [0.1, 0.15) is 5.75 Å². The predicted molar refractivity (Wildman–Crippen MR) is 103 cm³/mol. The second-order valence-electron chi connectivity index (χ2n) is 7.01. The summed E-state index contributed by atoms with van der Waals surface area (Å²) in [5, 5.41) is 2.71. The smallest absolute Gasteiger partial charge is 0.262 e. The lowest BCUT2D eigenvalue weighted by molar-refractivity contribution is -0.118. The Labute approximate surface area is 155 Å². The van der Waals surface area contributed by atoms with Crippen LogP contribution in [0.4, 0.5) is 5.69 Å². The van der Waals surface area contributed by atoms with Crippen LogP contribution in [-0.2, 0) is 20.0 Å². The number of hydrogen-bond acceptors (Lipinski definition) is 4.